The van der Waals surface area contributed by atoms with E-state index in [1.807, 2.05) is 31.7 Å². The van der Waals surface area contributed by atoms with E-state index in [1.165, 1.54) is 18.6 Å². The molecule has 2 aliphatic heterocycles. The number of piperidine rings is 1. The summed E-state index contributed by atoms with van der Waals surface area (Å²) in [4.78, 5) is 43.5. The van der Waals surface area contributed by atoms with E-state index in [9.17, 15) is 22.8 Å². The molecule has 0 aliphatic carbocycles. The first-order valence-electron chi connectivity index (χ1n) is 15.5. The van der Waals surface area contributed by atoms with Gasteiger partial charge < -0.3 is 24.0 Å². The van der Waals surface area contributed by atoms with Gasteiger partial charge in [-0.2, -0.15) is 0 Å². The smallest absolute Gasteiger partial charge is 0.410 e. The summed E-state index contributed by atoms with van der Waals surface area (Å²) in [7, 11) is 0. The fourth-order valence-electron chi connectivity index (χ4n) is 5.51. The summed E-state index contributed by atoms with van der Waals surface area (Å²) in [6.45, 7) is 9.70. The number of amides is 2. The third kappa shape index (κ3) is 8.22. The fraction of sp³-hybridized carbons (Fsp3) is 0.485. The van der Waals surface area contributed by atoms with Crippen molar-refractivity contribution >= 4 is 17.8 Å². The maximum atomic E-state index is 14.3. The van der Waals surface area contributed by atoms with Gasteiger partial charge >= 0.3 is 6.09 Å². The second kappa shape index (κ2) is 14.0. The first-order chi connectivity index (χ1) is 22.3. The lowest BCUT2D eigenvalue weighted by Crippen LogP contribution is -2.40. The summed E-state index contributed by atoms with van der Waals surface area (Å²) >= 11 is 0. The Kier molecular flexibility index (Phi) is 10.1. The average molecular weight is 657 g/mol. The van der Waals surface area contributed by atoms with E-state index in [0.717, 1.165) is 28.3 Å². The van der Waals surface area contributed by atoms with Gasteiger partial charge in [0.1, 0.15) is 35.3 Å². The molecule has 1 aromatic carbocycles. The number of nitrogens with zero attached hydrogens (tertiary/aromatic N) is 6. The van der Waals surface area contributed by atoms with E-state index >= 15 is 0 Å². The van der Waals surface area contributed by atoms with E-state index in [1.54, 1.807) is 24.9 Å². The van der Waals surface area contributed by atoms with Gasteiger partial charge in [0, 0.05) is 43.7 Å². The van der Waals surface area contributed by atoms with Crippen LogP contribution in [0, 0.1) is 5.82 Å². The Morgan fingerprint density at radius 2 is 1.79 bits per heavy atom. The van der Waals surface area contributed by atoms with Crippen molar-refractivity contribution in [2.75, 3.05) is 24.5 Å². The molecular weight excluding hydrogens is 617 g/mol. The van der Waals surface area contributed by atoms with Crippen LogP contribution in [0.5, 0.6) is 17.2 Å². The maximum absolute atomic E-state index is 14.3. The molecule has 1 fully saturated rings. The van der Waals surface area contributed by atoms with E-state index in [4.69, 9.17) is 14.2 Å². The Labute approximate surface area is 271 Å². The van der Waals surface area contributed by atoms with Crippen molar-refractivity contribution < 1.29 is 37.0 Å². The Morgan fingerprint density at radius 1 is 1.04 bits per heavy atom. The van der Waals surface area contributed by atoms with Crippen LogP contribution in [0.4, 0.5) is 23.8 Å². The minimum atomic E-state index is -2.76. The number of rotatable bonds is 9. The first kappa shape index (κ1) is 33.7. The summed E-state index contributed by atoms with van der Waals surface area (Å²) in [5, 5.41) is 0. The van der Waals surface area contributed by atoms with Gasteiger partial charge in [-0.3, -0.25) is 14.7 Å². The SMILES string of the molecule is CC(C)N(CC(F)F)C(=O)c1cc(F)ccc1Oc1cncnc1N1CCC(Oc2ccnc3c2CN(C(=O)OC(C)(C)C)C3)CC1. The second-order valence-corrected chi connectivity index (χ2v) is 12.8. The predicted molar refractivity (Wildman–Crippen MR) is 166 cm³/mol. The number of carbonyl (C=O) groups is 2. The normalized spacial score (nSPS) is 15.2. The van der Waals surface area contributed by atoms with E-state index in [0.29, 0.717) is 50.6 Å². The van der Waals surface area contributed by atoms with Crippen LogP contribution in [-0.2, 0) is 17.8 Å². The number of hydrogen-bond donors (Lipinski definition) is 0. The molecule has 0 spiro atoms. The largest absolute Gasteiger partial charge is 0.490 e. The standard InChI is InChI=1S/C33H39F3N6O5/c1-20(2)42(18-29(35)36)31(43)23-14-21(34)6-7-26(23)46-28-15-37-19-39-30(28)40-12-9-22(10-13-40)45-27-8-11-38-25-17-41(16-24(25)27)32(44)47-33(3,4)5/h6-8,11,14-15,19-20,22,29H,9-10,12-13,16-18H2,1-5H3. The molecular formula is C33H39F3N6O5. The molecule has 3 aromatic rings. The number of alkyl halides is 2. The van der Waals surface area contributed by atoms with Gasteiger partial charge in [-0.15, -0.1) is 0 Å². The minimum absolute atomic E-state index is 0.00227. The molecule has 2 aromatic heterocycles. The van der Waals surface area contributed by atoms with Gasteiger partial charge in [-0.1, -0.05) is 0 Å². The third-order valence-electron chi connectivity index (χ3n) is 7.75. The summed E-state index contributed by atoms with van der Waals surface area (Å²) < 4.78 is 58.8. The zero-order valence-corrected chi connectivity index (χ0v) is 27.1. The predicted octanol–water partition coefficient (Wildman–Crippen LogP) is 6.22. The number of ether oxygens (including phenoxy) is 3. The Morgan fingerprint density at radius 3 is 2.47 bits per heavy atom. The molecule has 47 heavy (non-hydrogen) atoms. The van der Waals surface area contributed by atoms with Crippen molar-refractivity contribution in [1.82, 2.24) is 24.8 Å². The average Bonchev–Trinajstić information content (AvgIpc) is 3.46. The number of anilines is 1. The second-order valence-electron chi connectivity index (χ2n) is 12.8. The highest BCUT2D eigenvalue weighted by molar-refractivity contribution is 5.97. The van der Waals surface area contributed by atoms with Crippen molar-refractivity contribution in [1.29, 1.82) is 0 Å². The van der Waals surface area contributed by atoms with Gasteiger partial charge in [0.2, 0.25) is 0 Å². The lowest BCUT2D eigenvalue weighted by atomic mass is 10.1. The lowest BCUT2D eigenvalue weighted by molar-refractivity contribution is 0.0239. The van der Waals surface area contributed by atoms with Gasteiger partial charge in [0.15, 0.2) is 11.6 Å². The fourth-order valence-corrected chi connectivity index (χ4v) is 5.51. The zero-order valence-electron chi connectivity index (χ0n) is 27.1. The minimum Gasteiger partial charge on any atom is -0.490 e. The molecule has 11 nitrogen and oxygen atoms in total. The third-order valence-corrected chi connectivity index (χ3v) is 7.75. The molecule has 0 unspecified atom stereocenters. The molecule has 0 radical (unpaired) electrons. The number of carbonyl (C=O) groups excluding carboxylic acids is 2. The van der Waals surface area contributed by atoms with Crippen molar-refractivity contribution in [3.8, 4) is 17.2 Å². The van der Waals surface area contributed by atoms with Crippen LogP contribution in [0.25, 0.3) is 0 Å². The molecule has 1 saturated heterocycles. The highest BCUT2D eigenvalue weighted by Crippen LogP contribution is 2.36. The van der Waals surface area contributed by atoms with Gasteiger partial charge in [-0.05, 0) is 58.9 Å². The zero-order chi connectivity index (χ0) is 33.9. The molecule has 0 atom stereocenters. The number of benzene rings is 1. The van der Waals surface area contributed by atoms with Gasteiger partial charge in [-0.25, -0.2) is 27.9 Å². The number of hydrogen-bond acceptors (Lipinski definition) is 9. The first-order valence-corrected chi connectivity index (χ1v) is 15.5. The molecule has 2 amide bonds. The molecule has 252 valence electrons. The van der Waals surface area contributed by atoms with Crippen LogP contribution in [0.1, 0.15) is 69.1 Å². The van der Waals surface area contributed by atoms with Crippen LogP contribution in [0.15, 0.2) is 43.0 Å². The van der Waals surface area contributed by atoms with Crippen LogP contribution < -0.4 is 14.4 Å². The van der Waals surface area contributed by atoms with Gasteiger partial charge in [0.25, 0.3) is 12.3 Å². The van der Waals surface area contributed by atoms with E-state index < -0.39 is 42.4 Å². The summed E-state index contributed by atoms with van der Waals surface area (Å²) in [6.07, 6.45) is 2.51. The number of halogens is 3. The van der Waals surface area contributed by atoms with Crippen LogP contribution in [-0.4, -0.2) is 80.6 Å². The lowest BCUT2D eigenvalue weighted by Gasteiger charge is -2.33. The van der Waals surface area contributed by atoms with Crippen LogP contribution >= 0.6 is 0 Å². The summed E-state index contributed by atoms with van der Waals surface area (Å²) in [5.74, 6) is -0.105. The van der Waals surface area contributed by atoms with Crippen molar-refractivity contribution in [3.63, 3.8) is 0 Å². The molecule has 14 heteroatoms. The Hall–Kier alpha value is -4.62. The van der Waals surface area contributed by atoms with E-state index in [2.05, 4.69) is 15.0 Å². The maximum Gasteiger partial charge on any atom is 0.410 e. The van der Waals surface area contributed by atoms with E-state index in [-0.39, 0.29) is 23.2 Å². The summed E-state index contributed by atoms with van der Waals surface area (Å²) in [6, 6.07) is 4.66. The van der Waals surface area contributed by atoms with Crippen molar-refractivity contribution in [2.24, 2.45) is 0 Å². The molecule has 0 N–H and O–H groups in total. The molecule has 4 heterocycles. The molecule has 0 bridgehead atoms. The molecule has 2 aliphatic rings. The Balaban J connectivity index is 1.26. The molecule has 0 saturated carbocycles. The highest BCUT2D eigenvalue weighted by Gasteiger charge is 2.32. The Bertz CT molecular complexity index is 1590. The van der Waals surface area contributed by atoms with Crippen LogP contribution in [0.2, 0.25) is 0 Å². The monoisotopic (exact) mass is 656 g/mol. The van der Waals surface area contributed by atoms with Crippen molar-refractivity contribution in [2.45, 2.75) is 84.7 Å². The van der Waals surface area contributed by atoms with Crippen molar-refractivity contribution in [3.05, 3.63) is 65.6 Å². The van der Waals surface area contributed by atoms with Gasteiger partial charge in [0.05, 0.1) is 37.1 Å². The van der Waals surface area contributed by atoms with Crippen LogP contribution in [0.3, 0.4) is 0 Å². The number of pyridine rings is 1. The number of aromatic nitrogens is 3. The molecule has 5 rings (SSSR count). The highest BCUT2D eigenvalue weighted by atomic mass is 19.3. The topological polar surface area (TPSA) is 110 Å². The number of fused-ring (bicyclic) bond motifs is 1. The summed E-state index contributed by atoms with van der Waals surface area (Å²) in [5.41, 5.74) is 0.849. The quantitative estimate of drug-likeness (QED) is 0.265.